The van der Waals surface area contributed by atoms with Gasteiger partial charge < -0.3 is 14.7 Å². The fraction of sp³-hybridized carbons (Fsp3) is 0.0476. The van der Waals surface area contributed by atoms with Crippen LogP contribution in [-0.4, -0.2) is 15.0 Å². The molecule has 2 aromatic heterocycles. The van der Waals surface area contributed by atoms with Crippen LogP contribution in [-0.2, 0) is 6.61 Å². The number of para-hydroxylation sites is 2. The number of nitrogens with zero attached hydrogens (tertiary/aromatic N) is 1. The molecule has 2 heterocycles. The first-order valence-corrected chi connectivity index (χ1v) is 8.39. The van der Waals surface area contributed by atoms with Crippen LogP contribution in [0.15, 0.2) is 71.5 Å². The Hall–Kier alpha value is -3.60. The molecule has 0 saturated heterocycles. The molecule has 0 saturated carbocycles. The van der Waals surface area contributed by atoms with E-state index in [1.807, 2.05) is 60.7 Å². The van der Waals surface area contributed by atoms with Crippen molar-refractivity contribution in [1.82, 2.24) is 15.0 Å². The number of imidazole rings is 1. The lowest BCUT2D eigenvalue weighted by Gasteiger charge is -2.09. The summed E-state index contributed by atoms with van der Waals surface area (Å²) in [6.07, 6.45) is 0. The van der Waals surface area contributed by atoms with E-state index >= 15 is 0 Å². The lowest BCUT2D eigenvalue weighted by molar-refractivity contribution is 0.301. The van der Waals surface area contributed by atoms with Gasteiger partial charge in [0.1, 0.15) is 18.2 Å². The number of ether oxygens (including phenoxy) is 1. The lowest BCUT2D eigenvalue weighted by Crippen LogP contribution is -2.07. The number of hydrogen-bond acceptors (Lipinski definition) is 3. The molecule has 5 rings (SSSR count). The Morgan fingerprint density at radius 2 is 1.73 bits per heavy atom. The molecule has 2 N–H and O–H groups in total. The normalized spacial score (nSPS) is 11.4. The number of aromatic amines is 2. The summed E-state index contributed by atoms with van der Waals surface area (Å²) in [5.74, 6) is 1.27. The third-order valence-electron chi connectivity index (χ3n) is 4.51. The van der Waals surface area contributed by atoms with Gasteiger partial charge in [0.2, 0.25) is 0 Å². The molecule has 126 valence electrons. The second-order valence-electron chi connectivity index (χ2n) is 6.20. The van der Waals surface area contributed by atoms with Gasteiger partial charge in [-0.2, -0.15) is 0 Å². The van der Waals surface area contributed by atoms with Crippen LogP contribution in [0.3, 0.4) is 0 Å². The van der Waals surface area contributed by atoms with Crippen LogP contribution in [0, 0.1) is 0 Å². The van der Waals surface area contributed by atoms with Crippen molar-refractivity contribution in [3.63, 3.8) is 0 Å². The predicted molar refractivity (Wildman–Crippen MR) is 103 cm³/mol. The number of fused-ring (bicyclic) bond motifs is 4. The monoisotopic (exact) mass is 341 g/mol. The molecule has 0 aliphatic carbocycles. The Balaban J connectivity index is 1.57. The van der Waals surface area contributed by atoms with E-state index in [0.29, 0.717) is 5.75 Å². The summed E-state index contributed by atoms with van der Waals surface area (Å²) < 4.78 is 5.95. The van der Waals surface area contributed by atoms with Crippen molar-refractivity contribution in [2.75, 3.05) is 0 Å². The Bertz CT molecular complexity index is 1280. The van der Waals surface area contributed by atoms with Crippen LogP contribution >= 0.6 is 0 Å². The highest BCUT2D eigenvalue weighted by molar-refractivity contribution is 6.06. The standard InChI is InChI=1S/C21H15N3O2/c25-20-11-18(26-12-19-22-16-7-3-4-8-17(16)23-19)15-10-9-13-5-1-2-6-14(13)21(15)24-20/h1-11H,12H2,(H,22,23)(H,24,25). The van der Waals surface area contributed by atoms with Gasteiger partial charge in [-0.05, 0) is 23.6 Å². The minimum atomic E-state index is -0.187. The number of nitrogens with one attached hydrogen (secondary N) is 2. The van der Waals surface area contributed by atoms with Gasteiger partial charge in [-0.15, -0.1) is 0 Å². The fourth-order valence-corrected chi connectivity index (χ4v) is 3.31. The molecular weight excluding hydrogens is 326 g/mol. The fourth-order valence-electron chi connectivity index (χ4n) is 3.31. The van der Waals surface area contributed by atoms with Crippen LogP contribution in [0.25, 0.3) is 32.7 Å². The van der Waals surface area contributed by atoms with E-state index in [0.717, 1.165) is 38.5 Å². The van der Waals surface area contributed by atoms with E-state index in [1.165, 1.54) is 6.07 Å². The van der Waals surface area contributed by atoms with Crippen LogP contribution in [0.2, 0.25) is 0 Å². The Morgan fingerprint density at radius 3 is 2.65 bits per heavy atom. The summed E-state index contributed by atoms with van der Waals surface area (Å²) in [5, 5.41) is 2.95. The number of benzene rings is 3. The summed E-state index contributed by atoms with van der Waals surface area (Å²) >= 11 is 0. The molecular formula is C21H15N3O2. The van der Waals surface area contributed by atoms with Crippen molar-refractivity contribution in [3.05, 3.63) is 82.9 Å². The predicted octanol–water partition coefficient (Wildman–Crippen LogP) is 4.14. The zero-order chi connectivity index (χ0) is 17.5. The lowest BCUT2D eigenvalue weighted by atomic mass is 10.1. The number of H-pyrrole nitrogens is 2. The van der Waals surface area contributed by atoms with Crippen molar-refractivity contribution in [1.29, 1.82) is 0 Å². The van der Waals surface area contributed by atoms with Crippen molar-refractivity contribution in [2.45, 2.75) is 6.61 Å². The van der Waals surface area contributed by atoms with Crippen molar-refractivity contribution >= 4 is 32.7 Å². The molecule has 0 amide bonds. The van der Waals surface area contributed by atoms with Gasteiger partial charge in [-0.3, -0.25) is 4.79 Å². The molecule has 5 heteroatoms. The van der Waals surface area contributed by atoms with E-state index in [4.69, 9.17) is 4.74 Å². The molecule has 0 aliphatic heterocycles. The molecule has 0 aliphatic rings. The SMILES string of the molecule is O=c1cc(OCc2nc3ccccc3[nH]2)c2ccc3ccccc3c2[nH]1. The Morgan fingerprint density at radius 1 is 0.885 bits per heavy atom. The Labute approximate surface area is 148 Å². The van der Waals surface area contributed by atoms with Gasteiger partial charge in [0, 0.05) is 16.8 Å². The molecule has 0 atom stereocenters. The first-order chi connectivity index (χ1) is 12.8. The molecule has 3 aromatic carbocycles. The zero-order valence-corrected chi connectivity index (χ0v) is 13.8. The molecule has 0 spiro atoms. The van der Waals surface area contributed by atoms with Crippen LogP contribution in [0.5, 0.6) is 5.75 Å². The molecule has 0 fully saturated rings. The summed E-state index contributed by atoms with van der Waals surface area (Å²) in [6, 6.07) is 21.3. The summed E-state index contributed by atoms with van der Waals surface area (Å²) in [6.45, 7) is 0.264. The number of hydrogen-bond donors (Lipinski definition) is 2. The van der Waals surface area contributed by atoms with E-state index in [-0.39, 0.29) is 12.2 Å². The first-order valence-electron chi connectivity index (χ1n) is 8.39. The maximum Gasteiger partial charge on any atom is 0.252 e. The van der Waals surface area contributed by atoms with E-state index in [1.54, 1.807) is 0 Å². The van der Waals surface area contributed by atoms with Crippen LogP contribution in [0.4, 0.5) is 0 Å². The van der Waals surface area contributed by atoms with Crippen LogP contribution in [0.1, 0.15) is 5.82 Å². The highest BCUT2D eigenvalue weighted by atomic mass is 16.5. The van der Waals surface area contributed by atoms with Crippen LogP contribution < -0.4 is 10.3 Å². The summed E-state index contributed by atoms with van der Waals surface area (Å²) in [5.41, 5.74) is 2.46. The largest absolute Gasteiger partial charge is 0.485 e. The number of aromatic nitrogens is 3. The number of pyridine rings is 1. The Kier molecular flexibility index (Phi) is 3.25. The minimum absolute atomic E-state index is 0.187. The van der Waals surface area contributed by atoms with Gasteiger partial charge >= 0.3 is 0 Å². The van der Waals surface area contributed by atoms with Gasteiger partial charge in [0.15, 0.2) is 0 Å². The van der Waals surface area contributed by atoms with Gasteiger partial charge in [0.05, 0.1) is 16.6 Å². The topological polar surface area (TPSA) is 70.8 Å². The maximum absolute atomic E-state index is 12.1. The molecule has 0 radical (unpaired) electrons. The highest BCUT2D eigenvalue weighted by Crippen LogP contribution is 2.29. The van der Waals surface area contributed by atoms with E-state index < -0.39 is 0 Å². The number of rotatable bonds is 3. The summed E-state index contributed by atoms with van der Waals surface area (Å²) in [4.78, 5) is 22.8. The second-order valence-corrected chi connectivity index (χ2v) is 6.20. The summed E-state index contributed by atoms with van der Waals surface area (Å²) in [7, 11) is 0. The molecule has 5 nitrogen and oxygen atoms in total. The third kappa shape index (κ3) is 2.41. The van der Waals surface area contributed by atoms with Crippen molar-refractivity contribution in [2.24, 2.45) is 0 Å². The van der Waals surface area contributed by atoms with E-state index in [9.17, 15) is 4.79 Å². The first kappa shape index (κ1) is 14.7. The van der Waals surface area contributed by atoms with E-state index in [2.05, 4.69) is 15.0 Å². The van der Waals surface area contributed by atoms with Gasteiger partial charge in [-0.1, -0.05) is 42.5 Å². The molecule has 26 heavy (non-hydrogen) atoms. The third-order valence-corrected chi connectivity index (χ3v) is 4.51. The van der Waals surface area contributed by atoms with Crippen molar-refractivity contribution in [3.8, 4) is 5.75 Å². The highest BCUT2D eigenvalue weighted by Gasteiger charge is 2.09. The maximum atomic E-state index is 12.1. The smallest absolute Gasteiger partial charge is 0.252 e. The van der Waals surface area contributed by atoms with Gasteiger partial charge in [-0.25, -0.2) is 4.98 Å². The minimum Gasteiger partial charge on any atom is -0.485 e. The average molecular weight is 341 g/mol. The van der Waals surface area contributed by atoms with Gasteiger partial charge in [0.25, 0.3) is 5.56 Å². The molecule has 0 bridgehead atoms. The average Bonchev–Trinajstić information content (AvgIpc) is 3.09. The molecule has 5 aromatic rings. The van der Waals surface area contributed by atoms with Crippen molar-refractivity contribution < 1.29 is 4.74 Å². The molecule has 0 unspecified atom stereocenters. The zero-order valence-electron chi connectivity index (χ0n) is 13.8. The quantitative estimate of drug-likeness (QED) is 0.485. The second kappa shape index (κ2) is 5.74.